The molecule has 0 amide bonds. The van der Waals surface area contributed by atoms with Gasteiger partial charge in [-0.25, -0.2) is 4.79 Å². The summed E-state index contributed by atoms with van der Waals surface area (Å²) < 4.78 is 4.62. The minimum absolute atomic E-state index is 0.285. The predicted molar refractivity (Wildman–Crippen MR) is 70.2 cm³/mol. The second-order valence-electron chi connectivity index (χ2n) is 4.14. The quantitative estimate of drug-likeness (QED) is 0.642. The molecule has 0 aliphatic carbocycles. The van der Waals surface area contributed by atoms with Gasteiger partial charge in [0, 0.05) is 17.8 Å². The van der Waals surface area contributed by atoms with Crippen molar-refractivity contribution in [1.82, 2.24) is 0 Å². The van der Waals surface area contributed by atoms with Crippen molar-refractivity contribution in [2.45, 2.75) is 20.8 Å². The van der Waals surface area contributed by atoms with Gasteiger partial charge in [0.15, 0.2) is 0 Å². The number of hydrogen-bond donors (Lipinski definition) is 1. The first kappa shape index (κ1) is 13.3. The van der Waals surface area contributed by atoms with Crippen LogP contribution in [0.3, 0.4) is 0 Å². The van der Waals surface area contributed by atoms with Gasteiger partial charge in [-0.2, -0.15) is 0 Å². The number of ether oxygens (including phenoxy) is 1. The molecule has 1 rings (SSSR count). The van der Waals surface area contributed by atoms with E-state index in [1.807, 2.05) is 6.08 Å². The van der Waals surface area contributed by atoms with Crippen molar-refractivity contribution < 1.29 is 9.53 Å². The lowest BCUT2D eigenvalue weighted by Gasteiger charge is -2.07. The number of carbonyl (C=O) groups is 1. The van der Waals surface area contributed by atoms with Gasteiger partial charge in [0.25, 0.3) is 0 Å². The summed E-state index contributed by atoms with van der Waals surface area (Å²) in [5, 5.41) is 3.25. The third-order valence-corrected chi connectivity index (χ3v) is 2.44. The van der Waals surface area contributed by atoms with Gasteiger partial charge in [-0.05, 0) is 44.0 Å². The highest BCUT2D eigenvalue weighted by Gasteiger charge is 2.01. The van der Waals surface area contributed by atoms with Crippen molar-refractivity contribution >= 4 is 11.7 Å². The minimum Gasteiger partial charge on any atom is -0.466 e. The maximum absolute atomic E-state index is 11.1. The monoisotopic (exact) mass is 233 g/mol. The van der Waals surface area contributed by atoms with E-state index in [9.17, 15) is 4.79 Å². The van der Waals surface area contributed by atoms with E-state index in [0.29, 0.717) is 12.1 Å². The highest BCUT2D eigenvalue weighted by molar-refractivity contribution is 5.87. The maximum Gasteiger partial charge on any atom is 0.333 e. The molecular weight excluding hydrogens is 214 g/mol. The van der Waals surface area contributed by atoms with E-state index in [4.69, 9.17) is 0 Å². The number of methoxy groups -OCH3 is 1. The van der Waals surface area contributed by atoms with Crippen molar-refractivity contribution in [2.24, 2.45) is 0 Å². The van der Waals surface area contributed by atoms with E-state index in [-0.39, 0.29) is 5.97 Å². The molecule has 3 heteroatoms. The predicted octanol–water partition coefficient (Wildman–Crippen LogP) is 2.83. The van der Waals surface area contributed by atoms with Crippen LogP contribution >= 0.6 is 0 Å². The third kappa shape index (κ3) is 4.31. The Kier molecular flexibility index (Phi) is 4.76. The van der Waals surface area contributed by atoms with Crippen LogP contribution in [0.25, 0.3) is 0 Å². The van der Waals surface area contributed by atoms with Crippen LogP contribution in [-0.4, -0.2) is 19.6 Å². The summed E-state index contributed by atoms with van der Waals surface area (Å²) in [6.45, 7) is 6.49. The van der Waals surface area contributed by atoms with Crippen molar-refractivity contribution in [3.63, 3.8) is 0 Å². The number of rotatable bonds is 4. The summed E-state index contributed by atoms with van der Waals surface area (Å²) in [5.74, 6) is -0.285. The van der Waals surface area contributed by atoms with E-state index in [1.54, 1.807) is 6.92 Å². The maximum atomic E-state index is 11.1. The fraction of sp³-hybridized carbons (Fsp3) is 0.357. The summed E-state index contributed by atoms with van der Waals surface area (Å²) in [4.78, 5) is 11.1. The van der Waals surface area contributed by atoms with Gasteiger partial charge in [0.2, 0.25) is 0 Å². The zero-order valence-corrected chi connectivity index (χ0v) is 10.8. The molecule has 0 saturated carbocycles. The highest BCUT2D eigenvalue weighted by Crippen LogP contribution is 2.13. The molecule has 1 aromatic rings. The van der Waals surface area contributed by atoms with Crippen LogP contribution < -0.4 is 5.32 Å². The molecule has 0 spiro atoms. The van der Waals surface area contributed by atoms with E-state index >= 15 is 0 Å². The summed E-state index contributed by atoms with van der Waals surface area (Å²) in [6.07, 6.45) is 1.82. The lowest BCUT2D eigenvalue weighted by Crippen LogP contribution is -2.05. The summed E-state index contributed by atoms with van der Waals surface area (Å²) in [7, 11) is 1.39. The fourth-order valence-corrected chi connectivity index (χ4v) is 1.64. The normalized spacial score (nSPS) is 11.2. The Morgan fingerprint density at radius 1 is 1.29 bits per heavy atom. The Morgan fingerprint density at radius 2 is 1.88 bits per heavy atom. The molecule has 0 heterocycles. The Balaban J connectivity index is 2.59. The Bertz CT molecular complexity index is 416. The van der Waals surface area contributed by atoms with E-state index in [1.165, 1.54) is 18.2 Å². The zero-order valence-electron chi connectivity index (χ0n) is 10.8. The van der Waals surface area contributed by atoms with Gasteiger partial charge in [-0.3, -0.25) is 0 Å². The van der Waals surface area contributed by atoms with Crippen LogP contribution in [0.15, 0.2) is 29.8 Å². The molecule has 0 fully saturated rings. The molecule has 1 aromatic carbocycles. The molecule has 0 radical (unpaired) electrons. The summed E-state index contributed by atoms with van der Waals surface area (Å²) in [6, 6.07) is 6.28. The number of esters is 1. The van der Waals surface area contributed by atoms with Crippen molar-refractivity contribution in [1.29, 1.82) is 0 Å². The standard InChI is InChI=1S/C14H19NO2/c1-10-7-11(2)9-13(8-10)15-6-5-12(3)14(16)17-4/h5,7-9,15H,6H2,1-4H3/b12-5+. The number of nitrogens with one attached hydrogen (secondary N) is 1. The second-order valence-corrected chi connectivity index (χ2v) is 4.14. The van der Waals surface area contributed by atoms with Crippen molar-refractivity contribution in [3.05, 3.63) is 41.0 Å². The van der Waals surface area contributed by atoms with E-state index in [0.717, 1.165) is 5.69 Å². The van der Waals surface area contributed by atoms with Crippen LogP contribution in [0.4, 0.5) is 5.69 Å². The van der Waals surface area contributed by atoms with Crippen LogP contribution in [0.5, 0.6) is 0 Å². The smallest absolute Gasteiger partial charge is 0.333 e. The SMILES string of the molecule is COC(=O)/C(C)=C/CNc1cc(C)cc(C)c1. The fourth-order valence-electron chi connectivity index (χ4n) is 1.64. The first-order valence-electron chi connectivity index (χ1n) is 5.60. The number of hydrogen-bond acceptors (Lipinski definition) is 3. The molecule has 0 bridgehead atoms. The van der Waals surface area contributed by atoms with Crippen molar-refractivity contribution in [2.75, 3.05) is 19.0 Å². The molecule has 17 heavy (non-hydrogen) atoms. The van der Waals surface area contributed by atoms with Gasteiger partial charge in [-0.1, -0.05) is 12.1 Å². The van der Waals surface area contributed by atoms with Crippen molar-refractivity contribution in [3.8, 4) is 0 Å². The van der Waals surface area contributed by atoms with E-state index in [2.05, 4.69) is 42.1 Å². The summed E-state index contributed by atoms with van der Waals surface area (Å²) in [5.41, 5.74) is 4.13. The molecule has 92 valence electrons. The Hall–Kier alpha value is -1.77. The first-order valence-corrected chi connectivity index (χ1v) is 5.60. The van der Waals surface area contributed by atoms with Crippen LogP contribution in [0.2, 0.25) is 0 Å². The van der Waals surface area contributed by atoms with Gasteiger partial charge in [-0.15, -0.1) is 0 Å². The third-order valence-electron chi connectivity index (χ3n) is 2.44. The van der Waals surface area contributed by atoms with Crippen LogP contribution in [-0.2, 0) is 9.53 Å². The molecular formula is C14H19NO2. The van der Waals surface area contributed by atoms with Crippen LogP contribution in [0.1, 0.15) is 18.1 Å². The average molecular weight is 233 g/mol. The number of aryl methyl sites for hydroxylation is 2. The zero-order chi connectivity index (χ0) is 12.8. The summed E-state index contributed by atoms with van der Waals surface area (Å²) >= 11 is 0. The Labute approximate surface area is 102 Å². The number of carbonyl (C=O) groups excluding carboxylic acids is 1. The average Bonchev–Trinajstić information content (AvgIpc) is 2.26. The first-order chi connectivity index (χ1) is 8.02. The molecule has 0 aliphatic heterocycles. The van der Waals surface area contributed by atoms with Gasteiger partial charge >= 0.3 is 5.97 Å². The molecule has 1 N–H and O–H groups in total. The lowest BCUT2D eigenvalue weighted by molar-refractivity contribution is -0.136. The molecule has 0 aromatic heterocycles. The largest absolute Gasteiger partial charge is 0.466 e. The number of anilines is 1. The molecule has 3 nitrogen and oxygen atoms in total. The van der Waals surface area contributed by atoms with Crippen LogP contribution in [0, 0.1) is 13.8 Å². The topological polar surface area (TPSA) is 38.3 Å². The molecule has 0 aliphatic rings. The molecule has 0 unspecified atom stereocenters. The Morgan fingerprint density at radius 3 is 2.41 bits per heavy atom. The second kappa shape index (κ2) is 6.09. The van der Waals surface area contributed by atoms with Gasteiger partial charge < -0.3 is 10.1 Å². The van der Waals surface area contributed by atoms with Gasteiger partial charge in [0.1, 0.15) is 0 Å². The molecule has 0 atom stereocenters. The molecule has 0 saturated heterocycles. The minimum atomic E-state index is -0.285. The van der Waals surface area contributed by atoms with Gasteiger partial charge in [0.05, 0.1) is 7.11 Å². The number of benzene rings is 1. The lowest BCUT2D eigenvalue weighted by atomic mass is 10.1. The van der Waals surface area contributed by atoms with E-state index < -0.39 is 0 Å². The highest BCUT2D eigenvalue weighted by atomic mass is 16.5.